The molecule has 0 amide bonds. The molecule has 0 aliphatic carbocycles. The molecular weight excluding hydrogens is 202 g/mol. The lowest BCUT2D eigenvalue weighted by Crippen LogP contribution is -2.43. The Morgan fingerprint density at radius 1 is 1.31 bits per heavy atom. The summed E-state index contributed by atoms with van der Waals surface area (Å²) >= 11 is 0. The number of nitrogens with one attached hydrogen (secondary N) is 1. The monoisotopic (exact) mass is 221 g/mol. The molecule has 0 bridgehead atoms. The average molecular weight is 221 g/mol. The van der Waals surface area contributed by atoms with E-state index in [4.69, 9.17) is 4.74 Å². The summed E-state index contributed by atoms with van der Waals surface area (Å²) in [7, 11) is 1.42. The van der Waals surface area contributed by atoms with Gasteiger partial charge in [-0.1, -0.05) is 44.2 Å². The highest BCUT2D eigenvalue weighted by Crippen LogP contribution is 2.05. The molecule has 0 saturated carbocycles. The van der Waals surface area contributed by atoms with Crippen LogP contribution in [0.5, 0.6) is 0 Å². The van der Waals surface area contributed by atoms with E-state index in [-0.39, 0.29) is 18.1 Å². The van der Waals surface area contributed by atoms with Gasteiger partial charge in [-0.25, -0.2) is 0 Å². The van der Waals surface area contributed by atoms with Gasteiger partial charge in [-0.2, -0.15) is 0 Å². The second-order valence-electron chi connectivity index (χ2n) is 4.09. The first-order chi connectivity index (χ1) is 7.63. The molecule has 16 heavy (non-hydrogen) atoms. The van der Waals surface area contributed by atoms with Gasteiger partial charge < -0.3 is 10.1 Å². The van der Waals surface area contributed by atoms with Crippen molar-refractivity contribution in [3.8, 4) is 0 Å². The summed E-state index contributed by atoms with van der Waals surface area (Å²) in [5, 5.41) is 3.20. The molecule has 1 N–H and O–H groups in total. The van der Waals surface area contributed by atoms with Gasteiger partial charge in [0.05, 0.1) is 7.11 Å². The molecule has 0 aromatic heterocycles. The topological polar surface area (TPSA) is 38.3 Å². The fourth-order valence-corrected chi connectivity index (χ4v) is 1.60. The number of esters is 1. The van der Waals surface area contributed by atoms with Crippen molar-refractivity contribution < 1.29 is 9.53 Å². The van der Waals surface area contributed by atoms with Crippen LogP contribution < -0.4 is 5.32 Å². The van der Waals surface area contributed by atoms with Crippen molar-refractivity contribution in [2.45, 2.75) is 32.4 Å². The second kappa shape index (κ2) is 6.28. The molecule has 0 aliphatic heterocycles. The van der Waals surface area contributed by atoms with E-state index >= 15 is 0 Å². The van der Waals surface area contributed by atoms with Crippen LogP contribution in [0.15, 0.2) is 30.3 Å². The number of carbonyl (C=O) groups excluding carboxylic acids is 1. The van der Waals surface area contributed by atoms with E-state index in [0.717, 1.165) is 5.56 Å². The van der Waals surface area contributed by atoms with Gasteiger partial charge in [0.2, 0.25) is 0 Å². The van der Waals surface area contributed by atoms with Gasteiger partial charge in [0.25, 0.3) is 0 Å². The summed E-state index contributed by atoms with van der Waals surface area (Å²) in [5.41, 5.74) is 1.13. The minimum atomic E-state index is -0.271. The van der Waals surface area contributed by atoms with E-state index in [9.17, 15) is 4.79 Å². The molecule has 1 aromatic rings. The maximum absolute atomic E-state index is 11.6. The molecule has 3 nitrogen and oxygen atoms in total. The lowest BCUT2D eigenvalue weighted by molar-refractivity contribution is -0.143. The number of benzene rings is 1. The summed E-state index contributed by atoms with van der Waals surface area (Å²) < 4.78 is 4.78. The third-order valence-electron chi connectivity index (χ3n) is 2.30. The molecule has 0 unspecified atom stereocenters. The van der Waals surface area contributed by atoms with Crippen molar-refractivity contribution in [1.29, 1.82) is 0 Å². The van der Waals surface area contributed by atoms with Crippen molar-refractivity contribution in [2.75, 3.05) is 7.11 Å². The average Bonchev–Trinajstić information content (AvgIpc) is 2.28. The summed E-state index contributed by atoms with van der Waals surface area (Å²) in [6, 6.07) is 9.92. The van der Waals surface area contributed by atoms with Gasteiger partial charge in [-0.15, -0.1) is 0 Å². The number of ether oxygens (including phenoxy) is 1. The normalized spacial score (nSPS) is 12.5. The molecule has 0 fully saturated rings. The molecule has 0 spiro atoms. The van der Waals surface area contributed by atoms with E-state index in [1.807, 2.05) is 44.2 Å². The standard InChI is InChI=1S/C13H19NO2/c1-10(2)14-12(13(15)16-3)9-11-7-5-4-6-8-11/h4-8,10,12,14H,9H2,1-3H3/t12-/m0/s1. The molecule has 0 heterocycles. The van der Waals surface area contributed by atoms with Crippen LogP contribution >= 0.6 is 0 Å². The van der Waals surface area contributed by atoms with Crippen LogP contribution in [-0.4, -0.2) is 25.2 Å². The zero-order chi connectivity index (χ0) is 12.0. The van der Waals surface area contributed by atoms with E-state index in [0.29, 0.717) is 6.42 Å². The van der Waals surface area contributed by atoms with Gasteiger partial charge in [0.1, 0.15) is 6.04 Å². The third kappa shape index (κ3) is 4.03. The Kier molecular flexibility index (Phi) is 4.99. The highest BCUT2D eigenvalue weighted by molar-refractivity contribution is 5.76. The van der Waals surface area contributed by atoms with E-state index < -0.39 is 0 Å². The van der Waals surface area contributed by atoms with E-state index in [1.54, 1.807) is 0 Å². The smallest absolute Gasteiger partial charge is 0.323 e. The zero-order valence-electron chi connectivity index (χ0n) is 10.1. The first-order valence-electron chi connectivity index (χ1n) is 5.51. The zero-order valence-corrected chi connectivity index (χ0v) is 10.1. The van der Waals surface area contributed by atoms with Gasteiger partial charge >= 0.3 is 5.97 Å². The highest BCUT2D eigenvalue weighted by atomic mass is 16.5. The van der Waals surface area contributed by atoms with Crippen LogP contribution in [-0.2, 0) is 16.0 Å². The molecule has 0 aliphatic rings. The molecular formula is C13H19NO2. The molecule has 3 heteroatoms. The summed E-state index contributed by atoms with van der Waals surface area (Å²) in [5.74, 6) is -0.211. The van der Waals surface area contributed by atoms with Crippen molar-refractivity contribution in [3.05, 3.63) is 35.9 Å². The van der Waals surface area contributed by atoms with Gasteiger partial charge in [-0.05, 0) is 12.0 Å². The number of methoxy groups -OCH3 is 1. The minimum absolute atomic E-state index is 0.211. The Labute approximate surface area is 96.8 Å². The third-order valence-corrected chi connectivity index (χ3v) is 2.30. The molecule has 1 aromatic carbocycles. The summed E-state index contributed by atoms with van der Waals surface area (Å²) in [6.45, 7) is 4.03. The number of hydrogen-bond donors (Lipinski definition) is 1. The maximum atomic E-state index is 11.6. The molecule has 1 rings (SSSR count). The van der Waals surface area contributed by atoms with E-state index in [1.165, 1.54) is 7.11 Å². The van der Waals surface area contributed by atoms with Crippen LogP contribution in [0.1, 0.15) is 19.4 Å². The van der Waals surface area contributed by atoms with Crippen LogP contribution in [0.25, 0.3) is 0 Å². The Morgan fingerprint density at radius 3 is 2.44 bits per heavy atom. The molecule has 1 atom stereocenters. The molecule has 0 saturated heterocycles. The molecule has 0 radical (unpaired) electrons. The quantitative estimate of drug-likeness (QED) is 0.770. The first-order valence-corrected chi connectivity index (χ1v) is 5.51. The lowest BCUT2D eigenvalue weighted by atomic mass is 10.1. The van der Waals surface area contributed by atoms with Crippen molar-refractivity contribution in [2.24, 2.45) is 0 Å². The summed E-state index contributed by atoms with van der Waals surface area (Å²) in [6.07, 6.45) is 0.658. The highest BCUT2D eigenvalue weighted by Gasteiger charge is 2.19. The fraction of sp³-hybridized carbons (Fsp3) is 0.462. The Morgan fingerprint density at radius 2 is 1.94 bits per heavy atom. The van der Waals surface area contributed by atoms with Gasteiger partial charge in [0.15, 0.2) is 0 Å². The first kappa shape index (κ1) is 12.7. The maximum Gasteiger partial charge on any atom is 0.323 e. The van der Waals surface area contributed by atoms with Crippen molar-refractivity contribution >= 4 is 5.97 Å². The van der Waals surface area contributed by atoms with Crippen LogP contribution in [0.3, 0.4) is 0 Å². The number of carbonyl (C=O) groups is 1. The predicted octanol–water partition coefficient (Wildman–Crippen LogP) is 1.77. The van der Waals surface area contributed by atoms with Crippen LogP contribution in [0.4, 0.5) is 0 Å². The number of rotatable bonds is 5. The second-order valence-corrected chi connectivity index (χ2v) is 4.09. The Bertz CT molecular complexity index is 322. The minimum Gasteiger partial charge on any atom is -0.468 e. The van der Waals surface area contributed by atoms with Crippen molar-refractivity contribution in [1.82, 2.24) is 5.32 Å². The fourth-order valence-electron chi connectivity index (χ4n) is 1.60. The van der Waals surface area contributed by atoms with Crippen molar-refractivity contribution in [3.63, 3.8) is 0 Å². The van der Waals surface area contributed by atoms with E-state index in [2.05, 4.69) is 5.32 Å². The largest absolute Gasteiger partial charge is 0.468 e. The lowest BCUT2D eigenvalue weighted by Gasteiger charge is -2.18. The number of hydrogen-bond acceptors (Lipinski definition) is 3. The van der Waals surface area contributed by atoms with Gasteiger partial charge in [-0.3, -0.25) is 4.79 Å². The Hall–Kier alpha value is -1.35. The van der Waals surface area contributed by atoms with Crippen LogP contribution in [0.2, 0.25) is 0 Å². The predicted molar refractivity (Wildman–Crippen MR) is 64.2 cm³/mol. The Balaban J connectivity index is 2.67. The molecule has 88 valence electrons. The summed E-state index contributed by atoms with van der Waals surface area (Å²) in [4.78, 5) is 11.6. The SMILES string of the molecule is COC(=O)[C@H](Cc1ccccc1)NC(C)C. The van der Waals surface area contributed by atoms with Gasteiger partial charge in [0, 0.05) is 6.04 Å². The van der Waals surface area contributed by atoms with Crippen LogP contribution in [0, 0.1) is 0 Å².